The van der Waals surface area contributed by atoms with Crippen molar-refractivity contribution >= 4 is 5.65 Å². The molecule has 0 saturated carbocycles. The van der Waals surface area contributed by atoms with Crippen LogP contribution in [0.2, 0.25) is 0 Å². The summed E-state index contributed by atoms with van der Waals surface area (Å²) in [6, 6.07) is 1.90. The number of aryl methyl sites for hydroxylation is 1. The second kappa shape index (κ2) is 3.01. The van der Waals surface area contributed by atoms with Gasteiger partial charge >= 0.3 is 81.0 Å². The van der Waals surface area contributed by atoms with Crippen LogP contribution in [0.15, 0.2) is 18.5 Å². The molecular formula is C8H9IN3-. The molecule has 0 aromatic carbocycles. The molecule has 4 heteroatoms. The Morgan fingerprint density at radius 1 is 1.50 bits per heavy atom. The summed E-state index contributed by atoms with van der Waals surface area (Å²) in [5.74, 6) is 0. The van der Waals surface area contributed by atoms with Crippen LogP contribution in [0.4, 0.5) is 0 Å². The molecule has 0 unspecified atom stereocenters. The zero-order valence-corrected chi connectivity index (χ0v) is 9.11. The second-order valence-corrected chi connectivity index (χ2v) is 4.63. The van der Waals surface area contributed by atoms with Gasteiger partial charge in [0.05, 0.1) is 0 Å². The summed E-state index contributed by atoms with van der Waals surface area (Å²) in [5.41, 5.74) is 2.16. The third kappa shape index (κ3) is 1.10. The summed E-state index contributed by atoms with van der Waals surface area (Å²) in [6.07, 6.45) is 3.76. The van der Waals surface area contributed by atoms with Gasteiger partial charge in [0.25, 0.3) is 0 Å². The SMILES string of the molecule is C[I-]c1c(C)nn2cccnc12. The van der Waals surface area contributed by atoms with Gasteiger partial charge in [0.1, 0.15) is 0 Å². The van der Waals surface area contributed by atoms with Crippen molar-refractivity contribution in [1.82, 2.24) is 14.6 Å². The molecule has 0 N–H and O–H groups in total. The van der Waals surface area contributed by atoms with E-state index in [1.807, 2.05) is 29.9 Å². The Morgan fingerprint density at radius 3 is 3.08 bits per heavy atom. The Kier molecular flexibility index (Phi) is 2.00. The van der Waals surface area contributed by atoms with Gasteiger partial charge in [-0.3, -0.25) is 0 Å². The molecule has 0 bridgehead atoms. The predicted octanol–water partition coefficient (Wildman–Crippen LogP) is -2.07. The van der Waals surface area contributed by atoms with Gasteiger partial charge in [-0.1, -0.05) is 0 Å². The third-order valence-corrected chi connectivity index (χ3v) is 4.03. The van der Waals surface area contributed by atoms with Gasteiger partial charge < -0.3 is 0 Å². The van der Waals surface area contributed by atoms with E-state index in [0.29, 0.717) is 0 Å². The summed E-state index contributed by atoms with van der Waals surface area (Å²) >= 11 is 0.0772. The molecule has 0 aliphatic rings. The zero-order chi connectivity index (χ0) is 8.55. The molecule has 2 heterocycles. The van der Waals surface area contributed by atoms with E-state index in [-0.39, 0.29) is 21.2 Å². The third-order valence-electron chi connectivity index (χ3n) is 1.69. The summed E-state index contributed by atoms with van der Waals surface area (Å²) in [4.78, 5) is 6.53. The van der Waals surface area contributed by atoms with Crippen LogP contribution in [0.25, 0.3) is 5.65 Å². The number of fused-ring (bicyclic) bond motifs is 1. The van der Waals surface area contributed by atoms with Crippen molar-refractivity contribution in [2.24, 2.45) is 0 Å². The monoisotopic (exact) mass is 274 g/mol. The first-order valence-electron chi connectivity index (χ1n) is 3.62. The van der Waals surface area contributed by atoms with Gasteiger partial charge in [-0.25, -0.2) is 0 Å². The Morgan fingerprint density at radius 2 is 2.33 bits per heavy atom. The number of nitrogens with zero attached hydrogens (tertiary/aromatic N) is 3. The first-order chi connectivity index (χ1) is 5.83. The van der Waals surface area contributed by atoms with Crippen molar-refractivity contribution in [2.75, 3.05) is 4.93 Å². The standard InChI is InChI=1S/C8H9IN3/c1-6-7(9-2)8-10-4-3-5-12(8)11-6/h3-5H,1-2H3/q-1. The van der Waals surface area contributed by atoms with Crippen LogP contribution in [0.3, 0.4) is 0 Å². The van der Waals surface area contributed by atoms with E-state index in [9.17, 15) is 0 Å². The number of hydrogen-bond acceptors (Lipinski definition) is 2. The summed E-state index contributed by atoms with van der Waals surface area (Å²) in [7, 11) is 0. The van der Waals surface area contributed by atoms with Crippen LogP contribution < -0.4 is 21.2 Å². The average molecular weight is 274 g/mol. The number of hydrogen-bond donors (Lipinski definition) is 0. The molecule has 3 nitrogen and oxygen atoms in total. The molecule has 0 aliphatic carbocycles. The van der Waals surface area contributed by atoms with E-state index in [1.165, 1.54) is 3.57 Å². The molecule has 2 rings (SSSR count). The van der Waals surface area contributed by atoms with Crippen LogP contribution in [0.1, 0.15) is 5.69 Å². The molecule has 0 fully saturated rings. The molecule has 0 radical (unpaired) electrons. The summed E-state index contributed by atoms with van der Waals surface area (Å²) in [6.45, 7) is 2.05. The Labute approximate surface area is 81.1 Å². The molecule has 0 spiro atoms. The summed E-state index contributed by atoms with van der Waals surface area (Å²) < 4.78 is 3.21. The predicted molar refractivity (Wildman–Crippen MR) is 42.3 cm³/mol. The van der Waals surface area contributed by atoms with Gasteiger partial charge in [-0.05, 0) is 0 Å². The summed E-state index contributed by atoms with van der Waals surface area (Å²) in [5, 5.41) is 4.37. The molecule has 0 aliphatic heterocycles. The maximum atomic E-state index is 4.37. The quantitative estimate of drug-likeness (QED) is 0.441. The first-order valence-corrected chi connectivity index (χ1v) is 6.86. The maximum absolute atomic E-state index is 4.37. The van der Waals surface area contributed by atoms with Gasteiger partial charge in [0.2, 0.25) is 0 Å². The van der Waals surface area contributed by atoms with Crippen molar-refractivity contribution < 1.29 is 21.2 Å². The van der Waals surface area contributed by atoms with E-state index in [0.717, 1.165) is 11.3 Å². The molecule has 0 saturated heterocycles. The van der Waals surface area contributed by atoms with Gasteiger partial charge in [0.15, 0.2) is 0 Å². The van der Waals surface area contributed by atoms with Gasteiger partial charge in [0, 0.05) is 0 Å². The van der Waals surface area contributed by atoms with E-state index >= 15 is 0 Å². The van der Waals surface area contributed by atoms with Crippen molar-refractivity contribution in [1.29, 1.82) is 0 Å². The van der Waals surface area contributed by atoms with Crippen LogP contribution in [-0.2, 0) is 0 Å². The molecular weight excluding hydrogens is 265 g/mol. The number of alkyl halides is 1. The molecule has 2 aromatic rings. The first kappa shape index (κ1) is 7.97. The zero-order valence-electron chi connectivity index (χ0n) is 6.95. The van der Waals surface area contributed by atoms with Crippen LogP contribution in [0, 0.1) is 10.5 Å². The van der Waals surface area contributed by atoms with Gasteiger partial charge in [-0.15, -0.1) is 0 Å². The number of halogens is 1. The fraction of sp³-hybridized carbons (Fsp3) is 0.250. The average Bonchev–Trinajstić information content (AvgIpc) is 2.40. The van der Waals surface area contributed by atoms with Crippen LogP contribution in [0.5, 0.6) is 0 Å². The van der Waals surface area contributed by atoms with E-state index < -0.39 is 0 Å². The van der Waals surface area contributed by atoms with Crippen molar-refractivity contribution in [3.05, 3.63) is 27.7 Å². The Hall–Kier alpha value is -0.650. The van der Waals surface area contributed by atoms with Crippen LogP contribution >= 0.6 is 0 Å². The minimum atomic E-state index is 0.0772. The normalized spacial score (nSPS) is 11.2. The van der Waals surface area contributed by atoms with Crippen molar-refractivity contribution in [3.8, 4) is 0 Å². The number of rotatable bonds is 1. The van der Waals surface area contributed by atoms with Crippen LogP contribution in [-0.4, -0.2) is 19.5 Å². The van der Waals surface area contributed by atoms with E-state index in [1.54, 1.807) is 0 Å². The van der Waals surface area contributed by atoms with E-state index in [4.69, 9.17) is 0 Å². The Balaban J connectivity index is 2.81. The fourth-order valence-corrected chi connectivity index (χ4v) is 2.95. The fourth-order valence-electron chi connectivity index (χ4n) is 1.19. The molecule has 64 valence electrons. The minimum absolute atomic E-state index is 0.0772. The number of aromatic nitrogens is 3. The molecule has 12 heavy (non-hydrogen) atoms. The molecule has 0 amide bonds. The van der Waals surface area contributed by atoms with Crippen molar-refractivity contribution in [2.45, 2.75) is 6.92 Å². The van der Waals surface area contributed by atoms with Gasteiger partial charge in [-0.2, -0.15) is 0 Å². The molecule has 2 aromatic heterocycles. The second-order valence-electron chi connectivity index (χ2n) is 2.48. The topological polar surface area (TPSA) is 30.2 Å². The van der Waals surface area contributed by atoms with E-state index in [2.05, 4.69) is 15.0 Å². The Bertz CT molecular complexity index is 408. The van der Waals surface area contributed by atoms with Crippen molar-refractivity contribution in [3.63, 3.8) is 0 Å². The molecule has 0 atom stereocenters.